The third kappa shape index (κ3) is 3.85. The average molecular weight is 326 g/mol. The number of pyridine rings is 1. The van der Waals surface area contributed by atoms with Crippen LogP contribution in [0.2, 0.25) is 0 Å². The molecular formula is C19H22N2O3. The van der Waals surface area contributed by atoms with Crippen molar-refractivity contribution in [3.05, 3.63) is 53.3 Å². The van der Waals surface area contributed by atoms with Gasteiger partial charge in [-0.25, -0.2) is 0 Å². The van der Waals surface area contributed by atoms with Gasteiger partial charge < -0.3 is 14.8 Å². The average Bonchev–Trinajstić information content (AvgIpc) is 2.64. The number of carbonyl (C=O) groups excluding carboxylic acids is 1. The van der Waals surface area contributed by atoms with Gasteiger partial charge in [0.15, 0.2) is 6.61 Å². The van der Waals surface area contributed by atoms with Gasteiger partial charge in [-0.1, -0.05) is 18.2 Å². The number of fused-ring (bicyclic) bond motifs is 1. The number of para-hydroxylation sites is 1. The Kier molecular flexibility index (Phi) is 5.31. The summed E-state index contributed by atoms with van der Waals surface area (Å²) in [5.41, 5.74) is 3.20. The maximum Gasteiger partial charge on any atom is 0.258 e. The number of hydrogen-bond donors (Lipinski definition) is 1. The zero-order valence-electron chi connectivity index (χ0n) is 13.9. The van der Waals surface area contributed by atoms with Gasteiger partial charge in [0, 0.05) is 29.6 Å². The summed E-state index contributed by atoms with van der Waals surface area (Å²) >= 11 is 0. The molecule has 1 N–H and O–H groups in total. The van der Waals surface area contributed by atoms with Crippen molar-refractivity contribution in [2.75, 3.05) is 13.7 Å². The summed E-state index contributed by atoms with van der Waals surface area (Å²) in [4.78, 5) is 16.5. The van der Waals surface area contributed by atoms with E-state index < -0.39 is 0 Å². The molecule has 1 aromatic heterocycles. The van der Waals surface area contributed by atoms with Crippen molar-refractivity contribution in [1.82, 2.24) is 10.3 Å². The van der Waals surface area contributed by atoms with Gasteiger partial charge in [0.1, 0.15) is 11.5 Å². The number of rotatable bonds is 6. The minimum atomic E-state index is -0.151. The zero-order valence-corrected chi connectivity index (χ0v) is 13.9. The molecule has 5 heteroatoms. The first kappa shape index (κ1) is 16.3. The lowest BCUT2D eigenvalue weighted by Gasteiger charge is -2.18. The number of carbonyl (C=O) groups is 1. The number of nitrogens with one attached hydrogen (secondary N) is 1. The van der Waals surface area contributed by atoms with E-state index in [0.717, 1.165) is 47.6 Å². The Morgan fingerprint density at radius 2 is 2.00 bits per heavy atom. The van der Waals surface area contributed by atoms with E-state index in [4.69, 9.17) is 9.47 Å². The number of aromatic nitrogens is 1. The smallest absolute Gasteiger partial charge is 0.258 e. The molecule has 1 amide bonds. The van der Waals surface area contributed by atoms with Gasteiger partial charge in [0.05, 0.1) is 7.11 Å². The number of benzene rings is 1. The second kappa shape index (κ2) is 7.81. The molecule has 1 heterocycles. The van der Waals surface area contributed by atoms with Crippen LogP contribution in [0.1, 0.15) is 29.7 Å². The minimum Gasteiger partial charge on any atom is -0.496 e. The van der Waals surface area contributed by atoms with Gasteiger partial charge in [0.2, 0.25) is 0 Å². The van der Waals surface area contributed by atoms with Crippen LogP contribution in [0.15, 0.2) is 36.5 Å². The highest BCUT2D eigenvalue weighted by Crippen LogP contribution is 2.27. The van der Waals surface area contributed by atoms with E-state index in [-0.39, 0.29) is 12.5 Å². The first-order chi connectivity index (χ1) is 11.8. The molecule has 0 saturated carbocycles. The van der Waals surface area contributed by atoms with Gasteiger partial charge in [-0.15, -0.1) is 0 Å². The van der Waals surface area contributed by atoms with Crippen LogP contribution in [0.4, 0.5) is 0 Å². The quantitative estimate of drug-likeness (QED) is 0.886. The van der Waals surface area contributed by atoms with Gasteiger partial charge >= 0.3 is 0 Å². The predicted molar refractivity (Wildman–Crippen MR) is 91.2 cm³/mol. The van der Waals surface area contributed by atoms with Crippen molar-refractivity contribution in [3.8, 4) is 11.5 Å². The van der Waals surface area contributed by atoms with E-state index in [9.17, 15) is 4.79 Å². The van der Waals surface area contributed by atoms with Crippen molar-refractivity contribution in [3.63, 3.8) is 0 Å². The maximum absolute atomic E-state index is 12.1. The monoisotopic (exact) mass is 326 g/mol. The lowest BCUT2D eigenvalue weighted by Crippen LogP contribution is -2.28. The molecule has 5 nitrogen and oxygen atoms in total. The standard InChI is InChI=1S/C19H22N2O3/c1-23-17-9-5-2-6-14(17)12-21-19(22)13-24-18-10-11-20-16-8-4-3-7-15(16)18/h2,5-6,9-11H,3-4,7-8,12-13H2,1H3,(H,21,22). The highest BCUT2D eigenvalue weighted by Gasteiger charge is 2.16. The topological polar surface area (TPSA) is 60.5 Å². The van der Waals surface area contributed by atoms with Crippen LogP contribution in [0.25, 0.3) is 0 Å². The molecule has 2 aromatic rings. The summed E-state index contributed by atoms with van der Waals surface area (Å²) in [5.74, 6) is 1.40. The van der Waals surface area contributed by atoms with Gasteiger partial charge in [-0.05, 0) is 37.8 Å². The summed E-state index contributed by atoms with van der Waals surface area (Å²) in [7, 11) is 1.62. The normalized spacial score (nSPS) is 13.0. The number of aryl methyl sites for hydroxylation is 1. The Balaban J connectivity index is 1.55. The fourth-order valence-corrected chi connectivity index (χ4v) is 2.97. The van der Waals surface area contributed by atoms with Crippen LogP contribution in [0.3, 0.4) is 0 Å². The Labute approximate surface area is 142 Å². The van der Waals surface area contributed by atoms with Crippen LogP contribution in [0.5, 0.6) is 11.5 Å². The maximum atomic E-state index is 12.1. The van der Waals surface area contributed by atoms with Crippen molar-refractivity contribution < 1.29 is 14.3 Å². The molecule has 0 bridgehead atoms. The van der Waals surface area contributed by atoms with Crippen molar-refractivity contribution in [1.29, 1.82) is 0 Å². The van der Waals surface area contributed by atoms with E-state index in [1.54, 1.807) is 13.3 Å². The molecular weight excluding hydrogens is 304 g/mol. The molecule has 0 aliphatic heterocycles. The molecule has 0 unspecified atom stereocenters. The summed E-state index contributed by atoms with van der Waals surface area (Å²) in [6.07, 6.45) is 6.04. The van der Waals surface area contributed by atoms with Crippen molar-refractivity contribution in [2.45, 2.75) is 32.2 Å². The van der Waals surface area contributed by atoms with E-state index in [1.807, 2.05) is 30.3 Å². The Morgan fingerprint density at radius 1 is 1.17 bits per heavy atom. The van der Waals surface area contributed by atoms with E-state index in [0.29, 0.717) is 6.54 Å². The van der Waals surface area contributed by atoms with Crippen LogP contribution >= 0.6 is 0 Å². The van der Waals surface area contributed by atoms with Crippen molar-refractivity contribution in [2.24, 2.45) is 0 Å². The molecule has 0 atom stereocenters. The summed E-state index contributed by atoms with van der Waals surface area (Å²) in [6, 6.07) is 9.47. The number of ether oxygens (including phenoxy) is 2. The molecule has 1 aliphatic rings. The molecule has 0 saturated heterocycles. The molecule has 3 rings (SSSR count). The molecule has 1 aliphatic carbocycles. The third-order valence-electron chi connectivity index (χ3n) is 4.22. The fraction of sp³-hybridized carbons (Fsp3) is 0.368. The second-order valence-corrected chi connectivity index (χ2v) is 5.82. The van der Waals surface area contributed by atoms with Crippen LogP contribution < -0.4 is 14.8 Å². The molecule has 1 aromatic carbocycles. The molecule has 24 heavy (non-hydrogen) atoms. The van der Waals surface area contributed by atoms with Gasteiger partial charge in [0.25, 0.3) is 5.91 Å². The van der Waals surface area contributed by atoms with E-state index in [1.165, 1.54) is 6.42 Å². The van der Waals surface area contributed by atoms with E-state index >= 15 is 0 Å². The van der Waals surface area contributed by atoms with Crippen LogP contribution in [-0.4, -0.2) is 24.6 Å². The number of nitrogens with zero attached hydrogens (tertiary/aromatic N) is 1. The van der Waals surface area contributed by atoms with Gasteiger partial charge in [-0.3, -0.25) is 9.78 Å². The second-order valence-electron chi connectivity index (χ2n) is 5.82. The highest BCUT2D eigenvalue weighted by molar-refractivity contribution is 5.77. The highest BCUT2D eigenvalue weighted by atomic mass is 16.5. The summed E-state index contributed by atoms with van der Waals surface area (Å²) < 4.78 is 11.0. The number of methoxy groups -OCH3 is 1. The Morgan fingerprint density at radius 3 is 2.88 bits per heavy atom. The Bertz CT molecular complexity index is 716. The number of amides is 1. The molecule has 0 radical (unpaired) electrons. The molecule has 126 valence electrons. The first-order valence-corrected chi connectivity index (χ1v) is 8.26. The summed E-state index contributed by atoms with van der Waals surface area (Å²) in [5, 5.41) is 2.86. The zero-order chi connectivity index (χ0) is 16.8. The van der Waals surface area contributed by atoms with Crippen LogP contribution in [-0.2, 0) is 24.2 Å². The number of hydrogen-bond acceptors (Lipinski definition) is 4. The Hall–Kier alpha value is -2.56. The fourth-order valence-electron chi connectivity index (χ4n) is 2.97. The van der Waals surface area contributed by atoms with Gasteiger partial charge in [-0.2, -0.15) is 0 Å². The lowest BCUT2D eigenvalue weighted by molar-refractivity contribution is -0.123. The first-order valence-electron chi connectivity index (χ1n) is 8.26. The SMILES string of the molecule is COc1ccccc1CNC(=O)COc1ccnc2c1CCCC2. The van der Waals surface area contributed by atoms with E-state index in [2.05, 4.69) is 10.3 Å². The largest absolute Gasteiger partial charge is 0.496 e. The van der Waals surface area contributed by atoms with Crippen LogP contribution in [0, 0.1) is 0 Å². The third-order valence-corrected chi connectivity index (χ3v) is 4.22. The lowest BCUT2D eigenvalue weighted by atomic mass is 9.95. The predicted octanol–water partition coefficient (Wildman–Crippen LogP) is 2.66. The molecule has 0 fully saturated rings. The minimum absolute atomic E-state index is 0.00556. The summed E-state index contributed by atoms with van der Waals surface area (Å²) in [6.45, 7) is 0.423. The molecule has 0 spiro atoms. The van der Waals surface area contributed by atoms with Crippen molar-refractivity contribution >= 4 is 5.91 Å².